The van der Waals surface area contributed by atoms with E-state index in [9.17, 15) is 0 Å². The van der Waals surface area contributed by atoms with Crippen molar-refractivity contribution in [3.63, 3.8) is 0 Å². The Kier molecular flexibility index (Phi) is 8.13. The fourth-order valence-electron chi connectivity index (χ4n) is 0.643. The topological polar surface area (TPSA) is 18.5 Å². The van der Waals surface area contributed by atoms with Gasteiger partial charge in [-0.25, -0.2) is 0 Å². The van der Waals surface area contributed by atoms with Crippen molar-refractivity contribution in [3.05, 3.63) is 0 Å². The van der Waals surface area contributed by atoms with Crippen LogP contribution < -0.4 is 0 Å². The molecule has 2 nitrogen and oxygen atoms in total. The summed E-state index contributed by atoms with van der Waals surface area (Å²) in [4.78, 5) is 0. The zero-order valence-corrected chi connectivity index (χ0v) is 10.0. The molecule has 4 heteroatoms. The molecular formula is C7H14Br2O2. The molecule has 0 N–H and O–H groups in total. The zero-order valence-electron chi connectivity index (χ0n) is 6.85. The second kappa shape index (κ2) is 7.53. The molecule has 0 aliphatic carbocycles. The Balaban J connectivity index is 3.32. The Labute approximate surface area is 84.9 Å². The highest BCUT2D eigenvalue weighted by Gasteiger charge is 2.10. The van der Waals surface area contributed by atoms with Crippen LogP contribution in [-0.2, 0) is 9.47 Å². The average molecular weight is 290 g/mol. The fraction of sp³-hybridized carbons (Fsp3) is 1.00. The first kappa shape index (κ1) is 11.9. The van der Waals surface area contributed by atoms with Crippen molar-refractivity contribution < 1.29 is 9.47 Å². The molecule has 0 radical (unpaired) electrons. The Bertz CT molecular complexity index is 80.5. The summed E-state index contributed by atoms with van der Waals surface area (Å²) in [6.07, 6.45) is 0.821. The van der Waals surface area contributed by atoms with Crippen LogP contribution in [0.3, 0.4) is 0 Å². The third-order valence-corrected chi connectivity index (χ3v) is 2.34. The molecule has 11 heavy (non-hydrogen) atoms. The lowest BCUT2D eigenvalue weighted by molar-refractivity contribution is 0.0683. The van der Waals surface area contributed by atoms with E-state index >= 15 is 0 Å². The van der Waals surface area contributed by atoms with Crippen molar-refractivity contribution in [3.8, 4) is 0 Å². The molecule has 2 unspecified atom stereocenters. The maximum absolute atomic E-state index is 5.27. The fourth-order valence-corrected chi connectivity index (χ4v) is 2.35. The highest BCUT2D eigenvalue weighted by molar-refractivity contribution is 9.10. The van der Waals surface area contributed by atoms with Gasteiger partial charge in [0.1, 0.15) is 10.0 Å². The lowest BCUT2D eigenvalue weighted by atomic mass is 10.5. The molecule has 0 aromatic carbocycles. The van der Waals surface area contributed by atoms with Crippen LogP contribution in [0.25, 0.3) is 0 Å². The van der Waals surface area contributed by atoms with E-state index in [-0.39, 0.29) is 10.0 Å². The average Bonchev–Trinajstić information content (AvgIpc) is 1.87. The summed E-state index contributed by atoms with van der Waals surface area (Å²) < 4.78 is 10.5. The third kappa shape index (κ3) is 7.25. The predicted octanol–water partition coefficient (Wildman–Crippen LogP) is 2.89. The molecule has 68 valence electrons. The molecule has 0 spiro atoms. The zero-order chi connectivity index (χ0) is 8.69. The van der Waals surface area contributed by atoms with Gasteiger partial charge in [-0.3, -0.25) is 0 Å². The van der Waals surface area contributed by atoms with Gasteiger partial charge in [-0.05, 0) is 13.8 Å². The van der Waals surface area contributed by atoms with Gasteiger partial charge in [0.05, 0.1) is 0 Å². The van der Waals surface area contributed by atoms with Crippen molar-refractivity contribution in [2.45, 2.75) is 30.3 Å². The summed E-state index contributed by atoms with van der Waals surface area (Å²) in [6.45, 7) is 5.39. The maximum Gasteiger partial charge on any atom is 0.115 e. The van der Waals surface area contributed by atoms with Crippen LogP contribution in [0.4, 0.5) is 0 Å². The number of hydrogen-bond donors (Lipinski definition) is 0. The number of ether oxygens (including phenoxy) is 2. The standard InChI is InChI=1S/C7H14Br2O2/c1-3-10-6(8)5-7(9)11-4-2/h6-7H,3-5H2,1-2H3. The molecule has 0 rings (SSSR count). The first-order chi connectivity index (χ1) is 5.20. The van der Waals surface area contributed by atoms with Crippen LogP contribution in [0, 0.1) is 0 Å². The van der Waals surface area contributed by atoms with E-state index in [1.165, 1.54) is 0 Å². The predicted molar refractivity (Wildman–Crippen MR) is 53.3 cm³/mol. The van der Waals surface area contributed by atoms with Crippen molar-refractivity contribution >= 4 is 31.9 Å². The smallest absolute Gasteiger partial charge is 0.115 e. The number of halogens is 2. The lowest BCUT2D eigenvalue weighted by Crippen LogP contribution is -2.13. The summed E-state index contributed by atoms with van der Waals surface area (Å²) in [5.74, 6) is 0. The van der Waals surface area contributed by atoms with E-state index < -0.39 is 0 Å². The minimum atomic E-state index is 0.0865. The quantitative estimate of drug-likeness (QED) is 0.700. The molecule has 0 aromatic heterocycles. The van der Waals surface area contributed by atoms with Crippen LogP contribution in [0.15, 0.2) is 0 Å². The highest BCUT2D eigenvalue weighted by Crippen LogP contribution is 2.16. The molecule has 0 heterocycles. The van der Waals surface area contributed by atoms with E-state index in [2.05, 4.69) is 31.9 Å². The Morgan fingerprint density at radius 2 is 1.36 bits per heavy atom. The van der Waals surface area contributed by atoms with Gasteiger partial charge in [-0.15, -0.1) is 0 Å². The van der Waals surface area contributed by atoms with Crippen molar-refractivity contribution in [2.75, 3.05) is 13.2 Å². The van der Waals surface area contributed by atoms with Crippen LogP contribution in [-0.4, -0.2) is 23.2 Å². The number of rotatable bonds is 6. The van der Waals surface area contributed by atoms with Gasteiger partial charge in [0.25, 0.3) is 0 Å². The number of alkyl halides is 2. The van der Waals surface area contributed by atoms with E-state index in [1.807, 2.05) is 13.8 Å². The molecular weight excluding hydrogens is 276 g/mol. The van der Waals surface area contributed by atoms with Gasteiger partial charge in [0, 0.05) is 19.6 Å². The Hall–Kier alpha value is 0.880. The normalized spacial score (nSPS) is 16.4. The summed E-state index contributed by atoms with van der Waals surface area (Å²) >= 11 is 6.75. The second-order valence-corrected chi connectivity index (χ2v) is 4.01. The van der Waals surface area contributed by atoms with Crippen molar-refractivity contribution in [1.29, 1.82) is 0 Å². The highest BCUT2D eigenvalue weighted by atomic mass is 79.9. The van der Waals surface area contributed by atoms with Gasteiger partial charge in [0.15, 0.2) is 0 Å². The number of hydrogen-bond acceptors (Lipinski definition) is 2. The van der Waals surface area contributed by atoms with Gasteiger partial charge in [-0.2, -0.15) is 0 Å². The first-order valence-electron chi connectivity index (χ1n) is 3.72. The van der Waals surface area contributed by atoms with Gasteiger partial charge < -0.3 is 9.47 Å². The first-order valence-corrected chi connectivity index (χ1v) is 5.55. The van der Waals surface area contributed by atoms with Gasteiger partial charge in [-0.1, -0.05) is 31.9 Å². The van der Waals surface area contributed by atoms with E-state index in [0.29, 0.717) is 0 Å². The molecule has 0 saturated heterocycles. The van der Waals surface area contributed by atoms with Crippen LogP contribution in [0.2, 0.25) is 0 Å². The summed E-state index contributed by atoms with van der Waals surface area (Å²) in [5, 5.41) is 0.173. The van der Waals surface area contributed by atoms with E-state index in [1.54, 1.807) is 0 Å². The Morgan fingerprint density at radius 1 is 1.00 bits per heavy atom. The summed E-state index contributed by atoms with van der Waals surface area (Å²) in [6, 6.07) is 0. The molecule has 0 aromatic rings. The summed E-state index contributed by atoms with van der Waals surface area (Å²) in [5.41, 5.74) is 0. The SMILES string of the molecule is CCOC(Br)CC(Br)OCC. The summed E-state index contributed by atoms with van der Waals surface area (Å²) in [7, 11) is 0. The van der Waals surface area contributed by atoms with E-state index in [0.717, 1.165) is 19.6 Å². The molecule has 0 aliphatic heterocycles. The second-order valence-electron chi connectivity index (χ2n) is 1.97. The third-order valence-electron chi connectivity index (χ3n) is 1.07. The van der Waals surface area contributed by atoms with Crippen LogP contribution in [0.1, 0.15) is 20.3 Å². The minimum Gasteiger partial charge on any atom is -0.367 e. The molecule has 0 saturated carbocycles. The maximum atomic E-state index is 5.27. The molecule has 0 amide bonds. The molecule has 0 bridgehead atoms. The Morgan fingerprint density at radius 3 is 1.64 bits per heavy atom. The van der Waals surface area contributed by atoms with E-state index in [4.69, 9.17) is 9.47 Å². The molecule has 0 fully saturated rings. The van der Waals surface area contributed by atoms with Crippen molar-refractivity contribution in [1.82, 2.24) is 0 Å². The minimum absolute atomic E-state index is 0.0865. The lowest BCUT2D eigenvalue weighted by Gasteiger charge is -2.14. The van der Waals surface area contributed by atoms with Crippen LogP contribution in [0.5, 0.6) is 0 Å². The van der Waals surface area contributed by atoms with Gasteiger partial charge in [0.2, 0.25) is 0 Å². The molecule has 2 atom stereocenters. The monoisotopic (exact) mass is 288 g/mol. The van der Waals surface area contributed by atoms with Crippen molar-refractivity contribution in [2.24, 2.45) is 0 Å². The van der Waals surface area contributed by atoms with Crippen LogP contribution >= 0.6 is 31.9 Å². The molecule has 0 aliphatic rings. The van der Waals surface area contributed by atoms with Gasteiger partial charge >= 0.3 is 0 Å². The largest absolute Gasteiger partial charge is 0.367 e.